The van der Waals surface area contributed by atoms with Crippen LogP contribution in [0.3, 0.4) is 0 Å². The van der Waals surface area contributed by atoms with E-state index in [2.05, 4.69) is 25.0 Å². The van der Waals surface area contributed by atoms with Crippen molar-refractivity contribution in [3.8, 4) is 0 Å². The Kier molecular flexibility index (Phi) is 12.7. The highest BCUT2D eigenvalue weighted by Gasteiger charge is 2.51. The lowest BCUT2D eigenvalue weighted by atomic mass is 10.1. The second kappa shape index (κ2) is 16.7. The highest BCUT2D eigenvalue weighted by molar-refractivity contribution is 7.51. The van der Waals surface area contributed by atoms with Crippen LogP contribution in [0.4, 0.5) is 11.8 Å². The summed E-state index contributed by atoms with van der Waals surface area (Å²) in [6.07, 6.45) is -6.03. The number of methoxy groups -OCH3 is 2. The van der Waals surface area contributed by atoms with E-state index in [0.717, 1.165) is 4.57 Å². The van der Waals surface area contributed by atoms with Gasteiger partial charge in [0.25, 0.3) is 5.56 Å². The Hall–Kier alpha value is -3.19. The molecule has 2 saturated heterocycles. The van der Waals surface area contributed by atoms with Crippen LogP contribution in [0.15, 0.2) is 28.2 Å². The van der Waals surface area contributed by atoms with Gasteiger partial charge in [-0.05, 0) is 6.07 Å². The van der Waals surface area contributed by atoms with E-state index < -0.39 is 83.0 Å². The topological polar surface area (TPSA) is 331 Å². The van der Waals surface area contributed by atoms with E-state index in [9.17, 15) is 33.6 Å². The third-order valence-electron chi connectivity index (χ3n) is 7.66. The lowest BCUT2D eigenvalue weighted by Crippen LogP contribution is -2.39. The predicted octanol–water partition coefficient (Wildman–Crippen LogP) is -2.03. The molecule has 0 aliphatic carbocycles. The number of imidazole rings is 1. The number of ether oxygens (including phenoxy) is 5. The summed E-state index contributed by atoms with van der Waals surface area (Å²) in [7, 11) is -6.75. The van der Waals surface area contributed by atoms with Crippen molar-refractivity contribution in [2.45, 2.75) is 49.4 Å². The smallest absolute Gasteiger partial charge is 0.388 e. The van der Waals surface area contributed by atoms with Crippen LogP contribution in [-0.4, -0.2) is 128 Å². The number of rotatable bonds is 18. The maximum absolute atomic E-state index is 14.4. The van der Waals surface area contributed by atoms with Gasteiger partial charge in [-0.1, -0.05) is 0 Å². The summed E-state index contributed by atoms with van der Waals surface area (Å²) in [5, 5.41) is 13.3. The molecule has 1 unspecified atom stereocenters. The van der Waals surface area contributed by atoms with Crippen molar-refractivity contribution in [1.29, 1.82) is 0 Å². The first-order valence-electron chi connectivity index (χ1n) is 15.3. The summed E-state index contributed by atoms with van der Waals surface area (Å²) >= 11 is 0. The number of nitrogens with zero attached hydrogens (tertiary/aromatic N) is 5. The summed E-state index contributed by atoms with van der Waals surface area (Å²) in [4.78, 5) is 57.8. The molecule has 0 bridgehead atoms. The number of fused-ring (bicyclic) bond motifs is 1. The van der Waals surface area contributed by atoms with Crippen molar-refractivity contribution in [1.82, 2.24) is 34.2 Å². The largest absolute Gasteiger partial charge is 0.469 e. The zero-order valence-electron chi connectivity index (χ0n) is 27.2. The summed E-state index contributed by atoms with van der Waals surface area (Å²) in [5.41, 5.74) is 9.77. The van der Waals surface area contributed by atoms with Crippen LogP contribution in [-0.2, 0) is 46.4 Å². The number of nitrogens with two attached hydrogens (primary N) is 2. The fraction of sp³-hybridized carbons (Fsp3) is 0.640. The van der Waals surface area contributed by atoms with Crippen molar-refractivity contribution < 1.29 is 61.3 Å². The number of aliphatic hydroxyl groups excluding tert-OH is 1. The van der Waals surface area contributed by atoms with Crippen molar-refractivity contribution in [2.24, 2.45) is 0 Å². The third-order valence-corrected chi connectivity index (χ3v) is 9.76. The Morgan fingerprint density at radius 1 is 1.04 bits per heavy atom. The van der Waals surface area contributed by atoms with Gasteiger partial charge in [-0.3, -0.25) is 32.5 Å². The number of hydrogen-bond acceptors (Lipinski definition) is 18. The molecule has 3 aromatic heterocycles. The number of aromatic amines is 1. The molecule has 2 aliphatic heterocycles. The molecular weight excluding hydrogens is 728 g/mol. The number of phosphoric acid groups is 1. The molecule has 24 nitrogen and oxygen atoms in total. The van der Waals surface area contributed by atoms with Gasteiger partial charge in [-0.15, -0.1) is 0 Å². The molecule has 51 heavy (non-hydrogen) atoms. The van der Waals surface area contributed by atoms with E-state index >= 15 is 0 Å². The lowest BCUT2D eigenvalue weighted by molar-refractivity contribution is -0.0578. The van der Waals surface area contributed by atoms with Crippen LogP contribution >= 0.6 is 15.6 Å². The van der Waals surface area contributed by atoms with Gasteiger partial charge < -0.3 is 50.0 Å². The van der Waals surface area contributed by atoms with E-state index in [0.29, 0.717) is 6.61 Å². The minimum Gasteiger partial charge on any atom is -0.388 e. The monoisotopic (exact) mass is 767 g/mol. The molecule has 5 heterocycles. The lowest BCUT2D eigenvalue weighted by Gasteiger charge is -2.28. The third kappa shape index (κ3) is 9.63. The normalized spacial score (nSPS) is 26.6. The van der Waals surface area contributed by atoms with Gasteiger partial charge in [0.2, 0.25) is 5.95 Å². The number of H-pyrrole nitrogens is 1. The summed E-state index contributed by atoms with van der Waals surface area (Å²) in [6, 6.07) is 1.35. The van der Waals surface area contributed by atoms with Gasteiger partial charge in [0, 0.05) is 33.4 Å². The molecule has 284 valence electrons. The van der Waals surface area contributed by atoms with Crippen LogP contribution in [0.5, 0.6) is 0 Å². The quantitative estimate of drug-likeness (QED) is 0.0542. The molecule has 0 saturated carbocycles. The number of phosphoric ester groups is 1. The van der Waals surface area contributed by atoms with Crippen LogP contribution in [0, 0.1) is 0 Å². The predicted molar refractivity (Wildman–Crippen MR) is 172 cm³/mol. The Morgan fingerprint density at radius 3 is 2.53 bits per heavy atom. The first-order chi connectivity index (χ1) is 24.2. The maximum atomic E-state index is 14.4. The van der Waals surface area contributed by atoms with Crippen LogP contribution < -0.4 is 27.8 Å². The minimum absolute atomic E-state index is 0.0220. The van der Waals surface area contributed by atoms with Gasteiger partial charge in [0.15, 0.2) is 23.6 Å². The molecular formula is C25H39N9O15P2. The van der Waals surface area contributed by atoms with Crippen molar-refractivity contribution in [3.63, 3.8) is 0 Å². The first-order valence-corrected chi connectivity index (χ1v) is 18.3. The summed E-state index contributed by atoms with van der Waals surface area (Å²) in [5.74, 6) is -0.254. The highest BCUT2D eigenvalue weighted by atomic mass is 31.2. The van der Waals surface area contributed by atoms with Crippen LogP contribution in [0.25, 0.3) is 11.2 Å². The Morgan fingerprint density at radius 2 is 1.82 bits per heavy atom. The molecule has 3 aromatic rings. The second-order valence-corrected chi connectivity index (χ2v) is 14.2. The van der Waals surface area contributed by atoms with E-state index in [1.807, 2.05) is 0 Å². The van der Waals surface area contributed by atoms with Gasteiger partial charge in [-0.2, -0.15) is 9.97 Å². The average molecular weight is 768 g/mol. The molecule has 0 radical (unpaired) electrons. The van der Waals surface area contributed by atoms with Crippen molar-refractivity contribution in [2.75, 3.05) is 65.3 Å². The van der Waals surface area contributed by atoms with E-state index in [4.69, 9.17) is 48.7 Å². The number of hydrogen-bond donors (Lipinski definition) is 7. The number of anilines is 2. The maximum Gasteiger partial charge on any atom is 0.469 e. The van der Waals surface area contributed by atoms with Crippen LogP contribution in [0.1, 0.15) is 18.9 Å². The first kappa shape index (κ1) is 39.0. The number of nitrogens with one attached hydrogen (secondary N) is 2. The number of nitrogen functional groups attached to an aromatic ring is 2. The van der Waals surface area contributed by atoms with Crippen molar-refractivity contribution >= 4 is 38.5 Å². The van der Waals surface area contributed by atoms with Gasteiger partial charge >= 0.3 is 21.3 Å². The summed E-state index contributed by atoms with van der Waals surface area (Å²) in [6.45, 7) is -0.745. The second-order valence-electron chi connectivity index (χ2n) is 11.2. The van der Waals surface area contributed by atoms with Crippen LogP contribution in [0.2, 0.25) is 0 Å². The number of aromatic nitrogens is 6. The zero-order valence-corrected chi connectivity index (χ0v) is 29.0. The number of aliphatic hydroxyl groups is 1. The Bertz CT molecular complexity index is 1850. The molecule has 0 aromatic carbocycles. The molecule has 0 spiro atoms. The minimum atomic E-state index is -5.05. The van der Waals surface area contributed by atoms with Gasteiger partial charge in [0.05, 0.1) is 45.5 Å². The van der Waals surface area contributed by atoms with Gasteiger partial charge in [0.1, 0.15) is 30.2 Å². The van der Waals surface area contributed by atoms with E-state index in [-0.39, 0.29) is 49.1 Å². The fourth-order valence-electron chi connectivity index (χ4n) is 5.40. The Labute approximate surface area is 288 Å². The van der Waals surface area contributed by atoms with E-state index in [1.54, 1.807) is 0 Å². The van der Waals surface area contributed by atoms with E-state index in [1.165, 1.54) is 37.4 Å². The molecule has 9 N–H and O–H groups in total. The molecule has 2 aliphatic rings. The highest BCUT2D eigenvalue weighted by Crippen LogP contribution is 2.50. The zero-order chi connectivity index (χ0) is 36.9. The molecule has 26 heteroatoms. The SMILES string of the molecule is COCCOCCNP(=O)(OC[C@@H]1C[C@@H](O)[C@H](n2ccc(N)nc2=O)O1)O[C@H]1[C@@H](OC)[C@H](n2cnc3c(=O)[nH]c(N)nc32)O[C@@H]1COP(=O)(O)O. The Balaban J connectivity index is 1.39. The van der Waals surface area contributed by atoms with Crippen molar-refractivity contribution in [3.05, 3.63) is 39.4 Å². The average Bonchev–Trinajstić information content (AvgIpc) is 3.75. The molecule has 8 atom stereocenters. The van der Waals surface area contributed by atoms with Gasteiger partial charge in [-0.25, -0.2) is 24.0 Å². The summed E-state index contributed by atoms with van der Waals surface area (Å²) < 4.78 is 72.9. The fourth-order valence-corrected chi connectivity index (χ4v) is 7.28. The molecule has 2 fully saturated rings. The standard InChI is InChI=1S/C25H39N9O15P2/c1-42-7-8-44-6-4-29-50(38,45-10-13-9-14(35)22(47-13)33-5-3-16(26)30-25(33)37)49-18-15(11-46-51(39,40)41)48-23(19(18)43-2)34-12-28-17-20(34)31-24(27)32-21(17)36/h3,5,12-15,18-19,22-23,35H,4,6-11H2,1-2H3,(H,29,38)(H2,26,30,37)(H2,39,40,41)(H3,27,31,32,36)/t13-,14+,15+,18+,19+,22+,23+,50?/m0/s1. The molecule has 5 rings (SSSR count). The molecule has 0 amide bonds.